The fraction of sp³-hybridized carbons (Fsp3) is 0.828. The summed E-state index contributed by atoms with van der Waals surface area (Å²) in [5.74, 6) is 2.13. The van der Waals surface area contributed by atoms with Crippen LogP contribution in [0.3, 0.4) is 0 Å². The molecule has 0 unspecified atom stereocenters. The van der Waals surface area contributed by atoms with Gasteiger partial charge in [0.15, 0.2) is 0 Å². The van der Waals surface area contributed by atoms with E-state index in [0.717, 1.165) is 43.3 Å². The van der Waals surface area contributed by atoms with Crippen molar-refractivity contribution in [2.24, 2.45) is 28.6 Å². The van der Waals surface area contributed by atoms with Crippen LogP contribution in [0.4, 0.5) is 0 Å². The first-order valence-corrected chi connectivity index (χ1v) is 14.1. The molecule has 5 nitrogen and oxygen atoms in total. The largest absolute Gasteiger partial charge is 0.431 e. The molecule has 6 rings (SSSR count). The van der Waals surface area contributed by atoms with E-state index in [4.69, 9.17) is 4.42 Å². The maximum atomic E-state index is 12.4. The van der Waals surface area contributed by atoms with E-state index in [2.05, 4.69) is 24.1 Å². The minimum absolute atomic E-state index is 0.131. The molecular formula is C29H44N2O3. The summed E-state index contributed by atoms with van der Waals surface area (Å²) in [6.45, 7) is 9.71. The summed E-state index contributed by atoms with van der Waals surface area (Å²) in [5, 5.41) is 16.0. The van der Waals surface area contributed by atoms with Gasteiger partial charge in [-0.2, -0.15) is 0 Å². The number of hydrogen-bond donors (Lipinski definition) is 2. The van der Waals surface area contributed by atoms with Crippen LogP contribution in [0.2, 0.25) is 0 Å². The first-order chi connectivity index (χ1) is 16.3. The van der Waals surface area contributed by atoms with Crippen molar-refractivity contribution < 1.29 is 9.52 Å². The highest BCUT2D eigenvalue weighted by Crippen LogP contribution is 2.70. The Bertz CT molecular complexity index is 934. The summed E-state index contributed by atoms with van der Waals surface area (Å²) in [4.78, 5) is 14.3. The summed E-state index contributed by atoms with van der Waals surface area (Å²) < 4.78 is 5.24. The van der Waals surface area contributed by atoms with E-state index in [1.807, 2.05) is 6.07 Å². The molecule has 5 aliphatic rings. The van der Waals surface area contributed by atoms with Gasteiger partial charge < -0.3 is 14.8 Å². The molecule has 5 heteroatoms. The summed E-state index contributed by atoms with van der Waals surface area (Å²) in [7, 11) is 0. The third-order valence-corrected chi connectivity index (χ3v) is 11.8. The molecule has 1 saturated heterocycles. The predicted octanol–water partition coefficient (Wildman–Crippen LogP) is 4.54. The Kier molecular flexibility index (Phi) is 5.78. The molecule has 0 bridgehead atoms. The van der Waals surface area contributed by atoms with Gasteiger partial charge in [-0.15, -0.1) is 0 Å². The van der Waals surface area contributed by atoms with Crippen LogP contribution in [0.15, 0.2) is 27.6 Å². The summed E-state index contributed by atoms with van der Waals surface area (Å²) in [6, 6.07) is 4.25. The van der Waals surface area contributed by atoms with E-state index in [9.17, 15) is 9.90 Å². The second-order valence-electron chi connectivity index (χ2n) is 12.9. The molecule has 0 radical (unpaired) electrons. The molecule has 2 N–H and O–H groups in total. The zero-order chi connectivity index (χ0) is 23.6. The molecule has 34 heavy (non-hydrogen) atoms. The first-order valence-electron chi connectivity index (χ1n) is 14.1. The monoisotopic (exact) mass is 468 g/mol. The van der Waals surface area contributed by atoms with Gasteiger partial charge >= 0.3 is 5.63 Å². The average molecular weight is 469 g/mol. The van der Waals surface area contributed by atoms with Crippen LogP contribution >= 0.6 is 0 Å². The van der Waals surface area contributed by atoms with E-state index in [1.54, 1.807) is 12.3 Å². The Labute approximate surface area is 204 Å². The lowest BCUT2D eigenvalue weighted by molar-refractivity contribution is -0.203. The Hall–Kier alpha value is -1.17. The molecule has 8 atom stereocenters. The number of nitrogens with one attached hydrogen (secondary N) is 1. The second-order valence-corrected chi connectivity index (χ2v) is 12.9. The Balaban J connectivity index is 1.23. The van der Waals surface area contributed by atoms with Gasteiger partial charge in [-0.1, -0.05) is 13.8 Å². The van der Waals surface area contributed by atoms with Crippen LogP contribution in [0.25, 0.3) is 0 Å². The number of fused-ring (bicyclic) bond motifs is 5. The number of rotatable bonds is 2. The summed E-state index contributed by atoms with van der Waals surface area (Å²) in [5.41, 5.74) is 0.456. The molecule has 1 aromatic heterocycles. The van der Waals surface area contributed by atoms with Crippen LogP contribution in [0.1, 0.15) is 89.5 Å². The fourth-order valence-corrected chi connectivity index (χ4v) is 9.87. The van der Waals surface area contributed by atoms with Crippen LogP contribution in [-0.4, -0.2) is 47.8 Å². The molecule has 0 aromatic carbocycles. The molecule has 1 aliphatic heterocycles. The molecule has 0 amide bonds. The van der Waals surface area contributed by atoms with E-state index in [1.165, 1.54) is 64.6 Å². The molecule has 188 valence electrons. The second kappa shape index (κ2) is 8.45. The van der Waals surface area contributed by atoms with Crippen molar-refractivity contribution in [3.63, 3.8) is 0 Å². The van der Waals surface area contributed by atoms with Crippen molar-refractivity contribution in [3.8, 4) is 0 Å². The van der Waals surface area contributed by atoms with Gasteiger partial charge in [0.2, 0.25) is 0 Å². The summed E-state index contributed by atoms with van der Waals surface area (Å²) >= 11 is 0. The Morgan fingerprint density at radius 2 is 1.88 bits per heavy atom. The van der Waals surface area contributed by atoms with Gasteiger partial charge in [-0.3, -0.25) is 4.90 Å². The number of hydrogen-bond acceptors (Lipinski definition) is 5. The highest BCUT2D eigenvalue weighted by atomic mass is 16.4. The molecule has 5 fully saturated rings. The maximum Gasteiger partial charge on any atom is 0.335 e. The van der Waals surface area contributed by atoms with Gasteiger partial charge in [-0.05, 0) is 118 Å². The van der Waals surface area contributed by atoms with E-state index in [0.29, 0.717) is 17.3 Å². The van der Waals surface area contributed by atoms with Crippen LogP contribution in [0, 0.1) is 28.6 Å². The molecular weight excluding hydrogens is 424 g/mol. The van der Waals surface area contributed by atoms with E-state index < -0.39 is 5.60 Å². The maximum absolute atomic E-state index is 12.4. The molecule has 0 spiro atoms. The number of aliphatic hydroxyl groups is 1. The lowest BCUT2D eigenvalue weighted by Crippen LogP contribution is -2.62. The van der Waals surface area contributed by atoms with Crippen molar-refractivity contribution in [3.05, 3.63) is 34.4 Å². The average Bonchev–Trinajstić information content (AvgIpc) is 2.98. The van der Waals surface area contributed by atoms with Crippen LogP contribution in [-0.2, 0) is 0 Å². The fourth-order valence-electron chi connectivity index (χ4n) is 9.87. The molecule has 2 heterocycles. The van der Waals surface area contributed by atoms with Crippen molar-refractivity contribution in [1.82, 2.24) is 10.2 Å². The third-order valence-electron chi connectivity index (χ3n) is 11.8. The summed E-state index contributed by atoms with van der Waals surface area (Å²) in [6.07, 6.45) is 13.6. The Morgan fingerprint density at radius 3 is 2.71 bits per heavy atom. The lowest BCUT2D eigenvalue weighted by Gasteiger charge is -2.64. The van der Waals surface area contributed by atoms with Crippen molar-refractivity contribution in [2.45, 2.75) is 95.6 Å². The van der Waals surface area contributed by atoms with Crippen molar-refractivity contribution >= 4 is 0 Å². The van der Waals surface area contributed by atoms with E-state index in [-0.39, 0.29) is 17.0 Å². The van der Waals surface area contributed by atoms with Crippen LogP contribution < -0.4 is 10.9 Å². The lowest BCUT2D eigenvalue weighted by atomic mass is 9.43. The molecule has 4 aliphatic carbocycles. The van der Waals surface area contributed by atoms with Gasteiger partial charge in [0.25, 0.3) is 0 Å². The minimum Gasteiger partial charge on any atom is -0.431 e. The highest BCUT2D eigenvalue weighted by Gasteiger charge is 2.67. The molecule has 4 saturated carbocycles. The topological polar surface area (TPSA) is 65.7 Å². The van der Waals surface area contributed by atoms with Gasteiger partial charge in [0.1, 0.15) is 0 Å². The third kappa shape index (κ3) is 3.40. The van der Waals surface area contributed by atoms with Crippen LogP contribution in [0.5, 0.6) is 0 Å². The minimum atomic E-state index is -0.599. The number of nitrogens with zero attached hydrogens (tertiary/aromatic N) is 1. The molecule has 1 aromatic rings. The van der Waals surface area contributed by atoms with E-state index >= 15 is 0 Å². The zero-order valence-corrected chi connectivity index (χ0v) is 21.2. The van der Waals surface area contributed by atoms with Gasteiger partial charge in [0, 0.05) is 30.6 Å². The normalized spacial score (nSPS) is 47.3. The quantitative estimate of drug-likeness (QED) is 0.667. The first kappa shape index (κ1) is 23.2. The van der Waals surface area contributed by atoms with Crippen molar-refractivity contribution in [1.29, 1.82) is 0 Å². The van der Waals surface area contributed by atoms with Gasteiger partial charge in [0.05, 0.1) is 11.9 Å². The highest BCUT2D eigenvalue weighted by molar-refractivity contribution is 5.27. The van der Waals surface area contributed by atoms with Crippen molar-refractivity contribution in [2.75, 3.05) is 26.2 Å². The predicted molar refractivity (Wildman–Crippen MR) is 134 cm³/mol. The SMILES string of the molecule is C[C@]12CC[C@H](N3CCCNCC3)C[C@H]1CC[C@@H]1[C@@H]2CC[C@]2(C)[C@@H](c3ccc(=O)oc3)CC[C@]12O. The Morgan fingerprint density at radius 1 is 1.00 bits per heavy atom. The standard InChI is InChI=1S/C29H44N2O3/c1-27-11-8-22(31-16-3-14-30-15-17-31)18-21(27)5-6-25-24(27)9-12-28(2)23(10-13-29(25,28)33)20-4-7-26(32)34-19-20/h4,7,19,21-25,30,33H,3,5-6,8-18H2,1-2H3/t21-,22+,23-,24+,25-,27+,28-,29+/m1/s1. The zero-order valence-electron chi connectivity index (χ0n) is 21.2. The smallest absolute Gasteiger partial charge is 0.335 e. The van der Waals surface area contributed by atoms with Gasteiger partial charge in [-0.25, -0.2) is 4.79 Å².